The normalized spacial score (nSPS) is 14.6. The van der Waals surface area contributed by atoms with Gasteiger partial charge in [-0.2, -0.15) is 0 Å². The molecule has 0 atom stereocenters. The molecule has 1 aromatic carbocycles. The first-order valence-corrected chi connectivity index (χ1v) is 10.1. The SMILES string of the molecule is CCNC(=NCc1ccc(N2CCOCC2)cc1)NCc1sccc1C.I. The minimum atomic E-state index is 0. The number of hydrogen-bond donors (Lipinski definition) is 2. The van der Waals surface area contributed by atoms with Gasteiger partial charge in [0.2, 0.25) is 0 Å². The van der Waals surface area contributed by atoms with Crippen molar-refractivity contribution < 1.29 is 4.74 Å². The molecule has 27 heavy (non-hydrogen) atoms. The second-order valence-electron chi connectivity index (χ2n) is 6.34. The smallest absolute Gasteiger partial charge is 0.191 e. The van der Waals surface area contributed by atoms with Crippen LogP contribution in [0.4, 0.5) is 5.69 Å². The van der Waals surface area contributed by atoms with E-state index < -0.39 is 0 Å². The van der Waals surface area contributed by atoms with Crippen LogP contribution in [0.3, 0.4) is 0 Å². The molecule has 1 saturated heterocycles. The van der Waals surface area contributed by atoms with Crippen LogP contribution in [0.5, 0.6) is 0 Å². The summed E-state index contributed by atoms with van der Waals surface area (Å²) in [6, 6.07) is 10.9. The molecule has 1 aliphatic rings. The lowest BCUT2D eigenvalue weighted by Gasteiger charge is -2.28. The Morgan fingerprint density at radius 3 is 2.52 bits per heavy atom. The molecule has 2 heterocycles. The summed E-state index contributed by atoms with van der Waals surface area (Å²) >= 11 is 1.78. The summed E-state index contributed by atoms with van der Waals surface area (Å²) < 4.78 is 5.42. The van der Waals surface area contributed by atoms with Gasteiger partial charge in [-0.25, -0.2) is 4.99 Å². The van der Waals surface area contributed by atoms with Crippen LogP contribution >= 0.6 is 35.3 Å². The van der Waals surface area contributed by atoms with E-state index in [1.165, 1.54) is 21.7 Å². The van der Waals surface area contributed by atoms with Crippen molar-refractivity contribution >= 4 is 47.0 Å². The number of guanidine groups is 1. The summed E-state index contributed by atoms with van der Waals surface area (Å²) in [6.45, 7) is 10.1. The highest BCUT2D eigenvalue weighted by Gasteiger charge is 2.10. The number of rotatable bonds is 6. The Morgan fingerprint density at radius 2 is 1.89 bits per heavy atom. The predicted molar refractivity (Wildman–Crippen MR) is 126 cm³/mol. The monoisotopic (exact) mass is 500 g/mol. The Hall–Kier alpha value is -1.32. The molecule has 0 saturated carbocycles. The van der Waals surface area contributed by atoms with Crippen molar-refractivity contribution in [3.63, 3.8) is 0 Å². The Balaban J connectivity index is 0.00000261. The molecular weight excluding hydrogens is 471 g/mol. The Kier molecular flexibility index (Phi) is 9.36. The Morgan fingerprint density at radius 1 is 1.15 bits per heavy atom. The van der Waals surface area contributed by atoms with Gasteiger partial charge in [0.05, 0.1) is 26.3 Å². The van der Waals surface area contributed by atoms with E-state index in [9.17, 15) is 0 Å². The van der Waals surface area contributed by atoms with E-state index in [-0.39, 0.29) is 24.0 Å². The van der Waals surface area contributed by atoms with Crippen LogP contribution in [0.25, 0.3) is 0 Å². The molecule has 1 aromatic heterocycles. The van der Waals surface area contributed by atoms with Crippen LogP contribution in [0.2, 0.25) is 0 Å². The van der Waals surface area contributed by atoms with Crippen LogP contribution in [0.1, 0.15) is 22.9 Å². The van der Waals surface area contributed by atoms with Crippen molar-refractivity contribution in [2.24, 2.45) is 4.99 Å². The van der Waals surface area contributed by atoms with Crippen molar-refractivity contribution in [3.8, 4) is 0 Å². The van der Waals surface area contributed by atoms with Gasteiger partial charge in [0.25, 0.3) is 0 Å². The van der Waals surface area contributed by atoms with Crippen LogP contribution < -0.4 is 15.5 Å². The molecule has 3 rings (SSSR count). The highest BCUT2D eigenvalue weighted by Crippen LogP contribution is 2.17. The highest BCUT2D eigenvalue weighted by molar-refractivity contribution is 14.0. The van der Waals surface area contributed by atoms with Gasteiger partial charge in [-0.15, -0.1) is 35.3 Å². The van der Waals surface area contributed by atoms with Crippen LogP contribution in [-0.4, -0.2) is 38.8 Å². The lowest BCUT2D eigenvalue weighted by Crippen LogP contribution is -2.36. The van der Waals surface area contributed by atoms with Gasteiger partial charge in [-0.3, -0.25) is 0 Å². The van der Waals surface area contributed by atoms with E-state index in [1.54, 1.807) is 11.3 Å². The second-order valence-corrected chi connectivity index (χ2v) is 7.34. The predicted octanol–water partition coefficient (Wildman–Crippen LogP) is 3.77. The van der Waals surface area contributed by atoms with E-state index in [0.29, 0.717) is 6.54 Å². The first kappa shape index (κ1) is 22.0. The summed E-state index contributed by atoms with van der Waals surface area (Å²) in [7, 11) is 0. The number of halogens is 1. The number of hydrogen-bond acceptors (Lipinski definition) is 4. The maximum absolute atomic E-state index is 5.42. The van der Waals surface area contributed by atoms with Gasteiger partial charge < -0.3 is 20.3 Å². The number of nitrogens with zero attached hydrogens (tertiary/aromatic N) is 2. The van der Waals surface area contributed by atoms with E-state index >= 15 is 0 Å². The van der Waals surface area contributed by atoms with Crippen molar-refractivity contribution in [2.75, 3.05) is 37.7 Å². The topological polar surface area (TPSA) is 48.9 Å². The molecule has 0 spiro atoms. The average molecular weight is 500 g/mol. The van der Waals surface area contributed by atoms with Crippen LogP contribution in [0, 0.1) is 6.92 Å². The second kappa shape index (κ2) is 11.5. The van der Waals surface area contributed by atoms with Crippen molar-refractivity contribution in [2.45, 2.75) is 26.9 Å². The van der Waals surface area contributed by atoms with Gasteiger partial charge in [-0.1, -0.05) is 12.1 Å². The number of anilines is 1. The van der Waals surface area contributed by atoms with Gasteiger partial charge in [0.1, 0.15) is 0 Å². The van der Waals surface area contributed by atoms with Crippen molar-refractivity contribution in [1.82, 2.24) is 10.6 Å². The van der Waals surface area contributed by atoms with Gasteiger partial charge in [0, 0.05) is 30.2 Å². The zero-order chi connectivity index (χ0) is 18.2. The average Bonchev–Trinajstić information content (AvgIpc) is 3.10. The Labute approximate surface area is 183 Å². The minimum absolute atomic E-state index is 0. The number of ether oxygens (including phenoxy) is 1. The summed E-state index contributed by atoms with van der Waals surface area (Å²) in [4.78, 5) is 8.44. The number of benzene rings is 1. The molecule has 0 radical (unpaired) electrons. The lowest BCUT2D eigenvalue weighted by atomic mass is 10.2. The molecule has 5 nitrogen and oxygen atoms in total. The van der Waals surface area contributed by atoms with Gasteiger partial charge in [0.15, 0.2) is 5.96 Å². The summed E-state index contributed by atoms with van der Waals surface area (Å²) in [5.41, 5.74) is 3.81. The fourth-order valence-electron chi connectivity index (χ4n) is 2.90. The minimum Gasteiger partial charge on any atom is -0.378 e. The summed E-state index contributed by atoms with van der Waals surface area (Å²) in [5, 5.41) is 8.88. The zero-order valence-electron chi connectivity index (χ0n) is 16.0. The molecule has 7 heteroatoms. The van der Waals surface area contributed by atoms with E-state index in [1.807, 2.05) is 0 Å². The first-order valence-electron chi connectivity index (χ1n) is 9.23. The largest absolute Gasteiger partial charge is 0.378 e. The quantitative estimate of drug-likeness (QED) is 0.360. The fraction of sp³-hybridized carbons (Fsp3) is 0.450. The maximum Gasteiger partial charge on any atom is 0.191 e. The van der Waals surface area contributed by atoms with E-state index in [4.69, 9.17) is 9.73 Å². The molecule has 148 valence electrons. The molecule has 0 aliphatic carbocycles. The number of aryl methyl sites for hydroxylation is 1. The van der Waals surface area contributed by atoms with Crippen LogP contribution in [-0.2, 0) is 17.8 Å². The third-order valence-corrected chi connectivity index (χ3v) is 5.48. The third-order valence-electron chi connectivity index (χ3n) is 4.46. The van der Waals surface area contributed by atoms with E-state index in [2.05, 4.69) is 65.1 Å². The fourth-order valence-corrected chi connectivity index (χ4v) is 3.74. The number of nitrogens with one attached hydrogen (secondary N) is 2. The highest BCUT2D eigenvalue weighted by atomic mass is 127. The zero-order valence-corrected chi connectivity index (χ0v) is 19.2. The summed E-state index contributed by atoms with van der Waals surface area (Å²) in [5.74, 6) is 0.859. The molecule has 0 bridgehead atoms. The molecule has 1 fully saturated rings. The van der Waals surface area contributed by atoms with Crippen molar-refractivity contribution in [1.29, 1.82) is 0 Å². The molecule has 2 aromatic rings. The standard InChI is InChI=1S/C20H28N4OS.HI/c1-3-21-20(23-15-19-16(2)8-13-26-19)22-14-17-4-6-18(7-5-17)24-9-11-25-12-10-24;/h4-8,13H,3,9-12,14-15H2,1-2H3,(H2,21,22,23);1H. The van der Waals surface area contributed by atoms with E-state index in [0.717, 1.165) is 45.4 Å². The number of thiophene rings is 1. The van der Waals surface area contributed by atoms with Gasteiger partial charge in [-0.05, 0) is 48.6 Å². The molecule has 0 amide bonds. The molecule has 2 N–H and O–H groups in total. The molecule has 0 unspecified atom stereocenters. The molecular formula is C20H29IN4OS. The summed E-state index contributed by atoms with van der Waals surface area (Å²) in [6.07, 6.45) is 0. The maximum atomic E-state index is 5.42. The first-order chi connectivity index (χ1) is 12.8. The van der Waals surface area contributed by atoms with Crippen molar-refractivity contribution in [3.05, 3.63) is 51.7 Å². The number of morpholine rings is 1. The van der Waals surface area contributed by atoms with Gasteiger partial charge >= 0.3 is 0 Å². The van der Waals surface area contributed by atoms with Crippen LogP contribution in [0.15, 0.2) is 40.7 Å². The lowest BCUT2D eigenvalue weighted by molar-refractivity contribution is 0.122. The molecule has 1 aliphatic heterocycles. The number of aliphatic imine (C=N–C) groups is 1. The third kappa shape index (κ3) is 6.65. The Bertz CT molecular complexity index is 711.